The van der Waals surface area contributed by atoms with Crippen LogP contribution in [0.5, 0.6) is 0 Å². The van der Waals surface area contributed by atoms with Gasteiger partial charge in [0.1, 0.15) is 17.3 Å². The van der Waals surface area contributed by atoms with Crippen LogP contribution in [0, 0.1) is 5.82 Å². The van der Waals surface area contributed by atoms with E-state index in [4.69, 9.17) is 10.7 Å². The lowest BCUT2D eigenvalue weighted by Gasteiger charge is -2.34. The van der Waals surface area contributed by atoms with E-state index in [0.717, 1.165) is 32.4 Å². The number of nitrogens with two attached hydrogens (primary N) is 1. The maximum absolute atomic E-state index is 14.3. The molecule has 2 aliphatic heterocycles. The molecule has 0 atom stereocenters. The molecule has 8 heteroatoms. The smallest absolute Gasteiger partial charge is 0.210 e. The number of piperidine rings is 1. The summed E-state index contributed by atoms with van der Waals surface area (Å²) in [5.74, 6) is 1.31. The Balaban J connectivity index is 1.54. The molecule has 4 rings (SSSR count). The third kappa shape index (κ3) is 5.59. The maximum atomic E-state index is 14.3. The Morgan fingerprint density at radius 1 is 1.18 bits per heavy atom. The van der Waals surface area contributed by atoms with Crippen LogP contribution in [0.3, 0.4) is 0 Å². The lowest BCUT2D eigenvalue weighted by Crippen LogP contribution is -2.49. The fraction of sp³-hybridized carbons (Fsp3) is 0.280. The van der Waals surface area contributed by atoms with Gasteiger partial charge in [-0.25, -0.2) is 14.4 Å². The van der Waals surface area contributed by atoms with Gasteiger partial charge in [0.25, 0.3) is 0 Å². The summed E-state index contributed by atoms with van der Waals surface area (Å²) < 4.78 is 14.3. The first kappa shape index (κ1) is 22.5. The molecule has 2 aliphatic rings. The predicted molar refractivity (Wildman–Crippen MR) is 132 cm³/mol. The number of anilines is 1. The average Bonchev–Trinajstić information content (AvgIpc) is 3.18. The molecule has 0 saturated carbocycles. The fourth-order valence-electron chi connectivity index (χ4n) is 4.01. The van der Waals surface area contributed by atoms with Crippen LogP contribution in [-0.2, 0) is 6.42 Å². The summed E-state index contributed by atoms with van der Waals surface area (Å²) in [6, 6.07) is 16.9. The van der Waals surface area contributed by atoms with E-state index in [2.05, 4.69) is 39.7 Å². The number of amidine groups is 1. The number of nitrogens with zero attached hydrogens (tertiary/aromatic N) is 3. The van der Waals surface area contributed by atoms with Gasteiger partial charge in [-0.3, -0.25) is 4.90 Å². The van der Waals surface area contributed by atoms with E-state index < -0.39 is 0 Å². The maximum Gasteiger partial charge on any atom is 0.210 e. The van der Waals surface area contributed by atoms with Crippen molar-refractivity contribution in [3.05, 3.63) is 90.3 Å². The number of nitrogens with one attached hydrogen (secondary N) is 3. The van der Waals surface area contributed by atoms with Crippen molar-refractivity contribution >= 4 is 17.5 Å². The van der Waals surface area contributed by atoms with Gasteiger partial charge in [-0.05, 0) is 50.0 Å². The second-order valence-electron chi connectivity index (χ2n) is 7.99. The molecule has 0 amide bonds. The van der Waals surface area contributed by atoms with Crippen molar-refractivity contribution in [3.8, 4) is 0 Å². The van der Waals surface area contributed by atoms with E-state index in [0.29, 0.717) is 35.5 Å². The van der Waals surface area contributed by atoms with Gasteiger partial charge in [-0.2, -0.15) is 0 Å². The van der Waals surface area contributed by atoms with Crippen LogP contribution in [0.4, 0.5) is 10.1 Å². The molecule has 0 unspecified atom stereocenters. The standard InChI is InChI=1S/C25H30FN7/c1-18(29-16-11-19-7-3-2-4-8-19)30-24-23(17-27)32-25(31-22-10-6-5-9-21(22)26)33(24)20-12-14-28-15-13-20/h2-10,17,20,28-29H,1,11-16,27H2,(H,31,32)/b23-17+,30-24+. The summed E-state index contributed by atoms with van der Waals surface area (Å²) in [6.45, 7) is 6.56. The minimum absolute atomic E-state index is 0.151. The van der Waals surface area contributed by atoms with Crippen LogP contribution in [0.2, 0.25) is 0 Å². The van der Waals surface area contributed by atoms with E-state index in [1.54, 1.807) is 18.2 Å². The molecule has 1 fully saturated rings. The van der Waals surface area contributed by atoms with Crippen molar-refractivity contribution in [2.24, 2.45) is 15.7 Å². The fourth-order valence-corrected chi connectivity index (χ4v) is 4.01. The van der Waals surface area contributed by atoms with Gasteiger partial charge in [0.05, 0.1) is 5.69 Å². The lowest BCUT2D eigenvalue weighted by molar-refractivity contribution is 0.336. The Bertz CT molecular complexity index is 1060. The summed E-state index contributed by atoms with van der Waals surface area (Å²) in [6.07, 6.45) is 4.10. The van der Waals surface area contributed by atoms with Crippen LogP contribution in [0.15, 0.2) is 88.9 Å². The van der Waals surface area contributed by atoms with Gasteiger partial charge in [0.2, 0.25) is 5.96 Å². The molecular weight excluding hydrogens is 417 g/mol. The van der Waals surface area contributed by atoms with Crippen molar-refractivity contribution in [1.82, 2.24) is 15.5 Å². The molecule has 1 saturated heterocycles. The summed E-state index contributed by atoms with van der Waals surface area (Å²) in [7, 11) is 0. The van der Waals surface area contributed by atoms with E-state index in [-0.39, 0.29) is 11.9 Å². The van der Waals surface area contributed by atoms with E-state index in [1.807, 2.05) is 23.1 Å². The summed E-state index contributed by atoms with van der Waals surface area (Å²) in [5, 5.41) is 9.80. The average molecular weight is 448 g/mol. The molecular formula is C25H30FN7. The lowest BCUT2D eigenvalue weighted by atomic mass is 10.0. The zero-order valence-corrected chi connectivity index (χ0v) is 18.6. The number of guanidine groups is 1. The number of benzene rings is 2. The number of aliphatic imine (C=N–C) groups is 2. The zero-order chi connectivity index (χ0) is 23.0. The van der Waals surface area contributed by atoms with Gasteiger partial charge in [0.15, 0.2) is 5.84 Å². The van der Waals surface area contributed by atoms with Crippen molar-refractivity contribution in [2.75, 3.05) is 25.0 Å². The van der Waals surface area contributed by atoms with Gasteiger partial charge in [-0.1, -0.05) is 49.0 Å². The van der Waals surface area contributed by atoms with Gasteiger partial charge in [0, 0.05) is 18.8 Å². The predicted octanol–water partition coefficient (Wildman–Crippen LogP) is 3.16. The molecule has 33 heavy (non-hydrogen) atoms. The molecule has 0 spiro atoms. The molecule has 0 aliphatic carbocycles. The Labute approximate surface area is 194 Å². The SMILES string of the molecule is C=C(/N=C1\C(=C/N)N=C(Nc2ccccc2F)N1C1CCNCC1)NCCc1ccccc1. The number of para-hydroxylation sites is 1. The Morgan fingerprint density at radius 3 is 2.64 bits per heavy atom. The van der Waals surface area contributed by atoms with Crippen LogP contribution in [0.25, 0.3) is 0 Å². The van der Waals surface area contributed by atoms with Crippen LogP contribution >= 0.6 is 0 Å². The second-order valence-corrected chi connectivity index (χ2v) is 7.99. The topological polar surface area (TPSA) is 90.1 Å². The molecule has 2 heterocycles. The van der Waals surface area contributed by atoms with Crippen molar-refractivity contribution in [2.45, 2.75) is 25.3 Å². The minimum atomic E-state index is -0.346. The molecule has 5 N–H and O–H groups in total. The van der Waals surface area contributed by atoms with Crippen molar-refractivity contribution in [3.63, 3.8) is 0 Å². The number of hydrogen-bond acceptors (Lipinski definition) is 6. The molecule has 172 valence electrons. The number of rotatable bonds is 7. The molecule has 7 nitrogen and oxygen atoms in total. The third-order valence-corrected chi connectivity index (χ3v) is 5.69. The van der Waals surface area contributed by atoms with Crippen LogP contribution < -0.4 is 21.7 Å². The third-order valence-electron chi connectivity index (χ3n) is 5.69. The first-order valence-electron chi connectivity index (χ1n) is 11.2. The first-order valence-corrected chi connectivity index (χ1v) is 11.2. The highest BCUT2D eigenvalue weighted by molar-refractivity contribution is 6.18. The van der Waals surface area contributed by atoms with E-state index in [1.165, 1.54) is 17.8 Å². The molecule has 0 aromatic heterocycles. The summed E-state index contributed by atoms with van der Waals surface area (Å²) >= 11 is 0. The Hall–Kier alpha value is -3.65. The van der Waals surface area contributed by atoms with Gasteiger partial charge in [-0.15, -0.1) is 0 Å². The highest BCUT2D eigenvalue weighted by Crippen LogP contribution is 2.25. The van der Waals surface area contributed by atoms with E-state index >= 15 is 0 Å². The van der Waals surface area contributed by atoms with Gasteiger partial charge >= 0.3 is 0 Å². The molecule has 0 radical (unpaired) electrons. The molecule has 2 aromatic rings. The highest BCUT2D eigenvalue weighted by atomic mass is 19.1. The monoisotopic (exact) mass is 447 g/mol. The number of halogens is 1. The quantitative estimate of drug-likeness (QED) is 0.524. The molecule has 0 bridgehead atoms. The van der Waals surface area contributed by atoms with Crippen LogP contribution in [0.1, 0.15) is 18.4 Å². The normalized spacial score (nSPS) is 19.1. The van der Waals surface area contributed by atoms with E-state index in [9.17, 15) is 4.39 Å². The van der Waals surface area contributed by atoms with Crippen molar-refractivity contribution in [1.29, 1.82) is 0 Å². The summed E-state index contributed by atoms with van der Waals surface area (Å²) in [4.78, 5) is 11.4. The largest absolute Gasteiger partial charge is 0.403 e. The van der Waals surface area contributed by atoms with Crippen LogP contribution in [-0.4, -0.2) is 42.4 Å². The number of hydrogen-bond donors (Lipinski definition) is 4. The molecule has 2 aromatic carbocycles. The van der Waals surface area contributed by atoms with Gasteiger partial charge < -0.3 is 21.7 Å². The summed E-state index contributed by atoms with van der Waals surface area (Å²) in [5.41, 5.74) is 8.03. The first-order chi connectivity index (χ1) is 16.2. The zero-order valence-electron chi connectivity index (χ0n) is 18.6. The van der Waals surface area contributed by atoms with Crippen molar-refractivity contribution < 1.29 is 4.39 Å². The second kappa shape index (κ2) is 10.8. The highest BCUT2D eigenvalue weighted by Gasteiger charge is 2.35. The Kier molecular flexibility index (Phi) is 7.36. The minimum Gasteiger partial charge on any atom is -0.403 e. The Morgan fingerprint density at radius 2 is 1.91 bits per heavy atom.